The highest BCUT2D eigenvalue weighted by Crippen LogP contribution is 2.07. The summed E-state index contributed by atoms with van der Waals surface area (Å²) in [6.45, 7) is 1.07. The van der Waals surface area contributed by atoms with Gasteiger partial charge in [-0.1, -0.05) is 12.1 Å². The summed E-state index contributed by atoms with van der Waals surface area (Å²) in [5.74, 6) is -0.0558. The van der Waals surface area contributed by atoms with Crippen molar-refractivity contribution in [3.8, 4) is 0 Å². The van der Waals surface area contributed by atoms with Crippen molar-refractivity contribution >= 4 is 17.2 Å². The van der Waals surface area contributed by atoms with E-state index < -0.39 is 0 Å². The molecule has 1 heterocycles. The minimum absolute atomic E-state index is 0.0558. The van der Waals surface area contributed by atoms with Crippen LogP contribution in [0, 0.1) is 0 Å². The summed E-state index contributed by atoms with van der Waals surface area (Å²) in [6.07, 6.45) is 0. The van der Waals surface area contributed by atoms with E-state index in [0.717, 1.165) is 11.1 Å². The Bertz CT molecular complexity index is 477. The summed E-state index contributed by atoms with van der Waals surface area (Å²) < 4.78 is 0. The zero-order valence-corrected chi connectivity index (χ0v) is 10.2. The SMILES string of the molecule is NCc1ccc(C(=O)NCc2ccsc2)cc1. The zero-order valence-electron chi connectivity index (χ0n) is 9.35. The van der Waals surface area contributed by atoms with Crippen molar-refractivity contribution in [1.82, 2.24) is 5.32 Å². The Balaban J connectivity index is 1.95. The second kappa shape index (κ2) is 5.61. The number of amides is 1. The van der Waals surface area contributed by atoms with Gasteiger partial charge in [-0.15, -0.1) is 0 Å². The number of carbonyl (C=O) groups is 1. The molecule has 1 aromatic heterocycles. The minimum Gasteiger partial charge on any atom is -0.348 e. The van der Waals surface area contributed by atoms with Crippen molar-refractivity contribution < 1.29 is 4.79 Å². The third-order valence-corrected chi connectivity index (χ3v) is 3.22. The average molecular weight is 246 g/mol. The number of hydrogen-bond acceptors (Lipinski definition) is 3. The molecule has 0 aliphatic heterocycles. The van der Waals surface area contributed by atoms with Crippen LogP contribution in [0.3, 0.4) is 0 Å². The highest BCUT2D eigenvalue weighted by atomic mass is 32.1. The van der Waals surface area contributed by atoms with Crippen LogP contribution in [-0.4, -0.2) is 5.91 Å². The summed E-state index contributed by atoms with van der Waals surface area (Å²) in [6, 6.07) is 9.35. The summed E-state index contributed by atoms with van der Waals surface area (Å²) in [4.78, 5) is 11.8. The van der Waals surface area contributed by atoms with Gasteiger partial charge < -0.3 is 11.1 Å². The van der Waals surface area contributed by atoms with Crippen molar-refractivity contribution in [1.29, 1.82) is 0 Å². The fourth-order valence-corrected chi connectivity index (χ4v) is 2.14. The largest absolute Gasteiger partial charge is 0.348 e. The van der Waals surface area contributed by atoms with E-state index in [1.54, 1.807) is 23.5 Å². The predicted octanol–water partition coefficient (Wildman–Crippen LogP) is 2.14. The van der Waals surface area contributed by atoms with E-state index in [1.165, 1.54) is 0 Å². The maximum Gasteiger partial charge on any atom is 0.251 e. The number of hydrogen-bond donors (Lipinski definition) is 2. The molecule has 0 bridgehead atoms. The van der Waals surface area contributed by atoms with E-state index in [4.69, 9.17) is 5.73 Å². The maximum atomic E-state index is 11.8. The normalized spacial score (nSPS) is 10.2. The molecule has 3 nitrogen and oxygen atoms in total. The van der Waals surface area contributed by atoms with Crippen LogP contribution in [-0.2, 0) is 13.1 Å². The average Bonchev–Trinajstić information content (AvgIpc) is 2.89. The van der Waals surface area contributed by atoms with Gasteiger partial charge in [0.15, 0.2) is 0 Å². The van der Waals surface area contributed by atoms with E-state index in [-0.39, 0.29) is 5.91 Å². The summed E-state index contributed by atoms with van der Waals surface area (Å²) in [5, 5.41) is 6.90. The van der Waals surface area contributed by atoms with Crippen LogP contribution in [0.25, 0.3) is 0 Å². The number of nitrogens with one attached hydrogen (secondary N) is 1. The van der Waals surface area contributed by atoms with Gasteiger partial charge in [0.2, 0.25) is 0 Å². The first-order valence-corrected chi connectivity index (χ1v) is 6.32. The minimum atomic E-state index is -0.0558. The molecule has 1 aromatic carbocycles. The summed E-state index contributed by atoms with van der Waals surface area (Å²) in [5.41, 5.74) is 8.32. The Morgan fingerprint density at radius 1 is 1.18 bits per heavy atom. The molecule has 2 aromatic rings. The molecule has 3 N–H and O–H groups in total. The Hall–Kier alpha value is -1.65. The number of carbonyl (C=O) groups excluding carboxylic acids is 1. The smallest absolute Gasteiger partial charge is 0.251 e. The van der Waals surface area contributed by atoms with E-state index in [1.807, 2.05) is 29.0 Å². The first-order chi connectivity index (χ1) is 8.29. The van der Waals surface area contributed by atoms with Crippen molar-refractivity contribution in [2.24, 2.45) is 5.73 Å². The molecule has 4 heteroatoms. The van der Waals surface area contributed by atoms with Gasteiger partial charge in [0, 0.05) is 18.7 Å². The van der Waals surface area contributed by atoms with Crippen molar-refractivity contribution in [3.63, 3.8) is 0 Å². The van der Waals surface area contributed by atoms with Crippen LogP contribution in [0.15, 0.2) is 41.1 Å². The topological polar surface area (TPSA) is 55.1 Å². The second-order valence-electron chi connectivity index (χ2n) is 3.72. The molecule has 2 rings (SSSR count). The maximum absolute atomic E-state index is 11.8. The fourth-order valence-electron chi connectivity index (χ4n) is 1.47. The Morgan fingerprint density at radius 3 is 2.53 bits per heavy atom. The molecular weight excluding hydrogens is 232 g/mol. The van der Waals surface area contributed by atoms with Crippen LogP contribution in [0.5, 0.6) is 0 Å². The van der Waals surface area contributed by atoms with Gasteiger partial charge in [0.05, 0.1) is 0 Å². The second-order valence-corrected chi connectivity index (χ2v) is 4.50. The molecular formula is C13H14N2OS. The first-order valence-electron chi connectivity index (χ1n) is 5.38. The van der Waals surface area contributed by atoms with E-state index in [2.05, 4.69) is 5.32 Å². The van der Waals surface area contributed by atoms with Crippen LogP contribution in [0.2, 0.25) is 0 Å². The zero-order chi connectivity index (χ0) is 12.1. The predicted molar refractivity (Wildman–Crippen MR) is 69.8 cm³/mol. The molecule has 17 heavy (non-hydrogen) atoms. The van der Waals surface area contributed by atoms with Gasteiger partial charge in [-0.25, -0.2) is 0 Å². The van der Waals surface area contributed by atoms with E-state index in [0.29, 0.717) is 18.7 Å². The lowest BCUT2D eigenvalue weighted by atomic mass is 10.1. The molecule has 0 unspecified atom stereocenters. The van der Waals surface area contributed by atoms with Crippen molar-refractivity contribution in [3.05, 3.63) is 57.8 Å². The van der Waals surface area contributed by atoms with Crippen LogP contribution in [0.4, 0.5) is 0 Å². The summed E-state index contributed by atoms with van der Waals surface area (Å²) in [7, 11) is 0. The van der Waals surface area contributed by atoms with Gasteiger partial charge in [-0.2, -0.15) is 11.3 Å². The molecule has 0 aliphatic carbocycles. The van der Waals surface area contributed by atoms with Gasteiger partial charge in [-0.05, 0) is 40.1 Å². The number of nitrogens with two attached hydrogens (primary N) is 1. The van der Waals surface area contributed by atoms with E-state index in [9.17, 15) is 4.79 Å². The molecule has 0 spiro atoms. The van der Waals surface area contributed by atoms with Gasteiger partial charge >= 0.3 is 0 Å². The Morgan fingerprint density at radius 2 is 1.94 bits per heavy atom. The highest BCUT2D eigenvalue weighted by Gasteiger charge is 2.04. The number of rotatable bonds is 4. The molecule has 0 saturated heterocycles. The van der Waals surface area contributed by atoms with Crippen LogP contribution in [0.1, 0.15) is 21.5 Å². The van der Waals surface area contributed by atoms with Gasteiger partial charge in [0.1, 0.15) is 0 Å². The van der Waals surface area contributed by atoms with Gasteiger partial charge in [-0.3, -0.25) is 4.79 Å². The van der Waals surface area contributed by atoms with Crippen molar-refractivity contribution in [2.75, 3.05) is 0 Å². The Labute approximate surface area is 104 Å². The highest BCUT2D eigenvalue weighted by molar-refractivity contribution is 7.07. The third-order valence-electron chi connectivity index (χ3n) is 2.48. The summed E-state index contributed by atoms with van der Waals surface area (Å²) >= 11 is 1.63. The Kier molecular flexibility index (Phi) is 3.90. The van der Waals surface area contributed by atoms with Crippen LogP contribution >= 0.6 is 11.3 Å². The van der Waals surface area contributed by atoms with Crippen molar-refractivity contribution in [2.45, 2.75) is 13.1 Å². The molecule has 1 amide bonds. The molecule has 88 valence electrons. The first kappa shape index (κ1) is 11.8. The molecule has 0 aliphatic rings. The van der Waals surface area contributed by atoms with Crippen LogP contribution < -0.4 is 11.1 Å². The molecule has 0 saturated carbocycles. The third kappa shape index (κ3) is 3.15. The standard InChI is InChI=1S/C13H14N2OS/c14-7-10-1-3-12(4-2-10)13(16)15-8-11-5-6-17-9-11/h1-6,9H,7-8,14H2,(H,15,16). The lowest BCUT2D eigenvalue weighted by Gasteiger charge is -2.04. The quantitative estimate of drug-likeness (QED) is 0.868. The number of benzene rings is 1. The van der Waals surface area contributed by atoms with Gasteiger partial charge in [0.25, 0.3) is 5.91 Å². The lowest BCUT2D eigenvalue weighted by Crippen LogP contribution is -2.22. The van der Waals surface area contributed by atoms with E-state index >= 15 is 0 Å². The molecule has 0 fully saturated rings. The molecule has 0 atom stereocenters. The molecule has 0 radical (unpaired) electrons. The monoisotopic (exact) mass is 246 g/mol. The fraction of sp³-hybridized carbons (Fsp3) is 0.154. The number of thiophene rings is 1. The lowest BCUT2D eigenvalue weighted by molar-refractivity contribution is 0.0951.